The number of aromatic nitrogens is 3. The van der Waals surface area contributed by atoms with E-state index in [9.17, 15) is 0 Å². The SMILES string of the molecule is Cc1ncc(C[n+]2csc(CCOP)c2C)c(N)n1. The van der Waals surface area contributed by atoms with E-state index in [1.807, 2.05) is 6.92 Å². The molecule has 2 aromatic rings. The molecule has 0 aliphatic rings. The number of anilines is 1. The number of nitrogens with two attached hydrogens (primary N) is 1. The van der Waals surface area contributed by atoms with Crippen LogP contribution in [0, 0.1) is 13.8 Å². The molecule has 2 rings (SSSR count). The highest BCUT2D eigenvalue weighted by Gasteiger charge is 2.17. The van der Waals surface area contributed by atoms with E-state index in [1.165, 1.54) is 10.6 Å². The molecule has 0 saturated heterocycles. The average Bonchev–Trinajstić information content (AvgIpc) is 2.72. The van der Waals surface area contributed by atoms with Crippen LogP contribution >= 0.6 is 20.8 Å². The van der Waals surface area contributed by atoms with E-state index in [-0.39, 0.29) is 0 Å². The third kappa shape index (κ3) is 3.47. The van der Waals surface area contributed by atoms with E-state index >= 15 is 0 Å². The van der Waals surface area contributed by atoms with Gasteiger partial charge in [-0.15, -0.1) is 0 Å². The summed E-state index contributed by atoms with van der Waals surface area (Å²) in [6.07, 6.45) is 2.72. The largest absolute Gasteiger partial charge is 0.383 e. The molecule has 0 saturated carbocycles. The molecule has 1 unspecified atom stereocenters. The maximum Gasteiger partial charge on any atom is 0.225 e. The molecule has 0 radical (unpaired) electrons. The Kier molecular flexibility index (Phi) is 4.80. The van der Waals surface area contributed by atoms with Crippen molar-refractivity contribution >= 4 is 26.6 Å². The minimum absolute atomic E-state index is 0.556. The van der Waals surface area contributed by atoms with E-state index < -0.39 is 0 Å². The fourth-order valence-corrected chi connectivity index (χ4v) is 2.91. The molecule has 2 heterocycles. The van der Waals surface area contributed by atoms with Gasteiger partial charge >= 0.3 is 0 Å². The van der Waals surface area contributed by atoms with Crippen molar-refractivity contribution < 1.29 is 9.09 Å². The summed E-state index contributed by atoms with van der Waals surface area (Å²) in [5.74, 6) is 1.26. The minimum Gasteiger partial charge on any atom is -0.383 e. The predicted molar refractivity (Wildman–Crippen MR) is 78.9 cm³/mol. The van der Waals surface area contributed by atoms with E-state index in [0.29, 0.717) is 24.8 Å². The number of nitrogens with zero attached hydrogens (tertiary/aromatic N) is 3. The first kappa shape index (κ1) is 14.3. The number of aryl methyl sites for hydroxylation is 1. The molecule has 0 amide bonds. The van der Waals surface area contributed by atoms with Crippen molar-refractivity contribution in [3.8, 4) is 0 Å². The average molecular weight is 297 g/mol. The number of hydrogen-bond acceptors (Lipinski definition) is 5. The fourth-order valence-electron chi connectivity index (χ4n) is 1.82. The lowest BCUT2D eigenvalue weighted by molar-refractivity contribution is -0.689. The lowest BCUT2D eigenvalue weighted by Crippen LogP contribution is -2.35. The van der Waals surface area contributed by atoms with Gasteiger partial charge < -0.3 is 10.3 Å². The Morgan fingerprint density at radius 1 is 1.47 bits per heavy atom. The van der Waals surface area contributed by atoms with Crippen LogP contribution in [0.1, 0.15) is 22.0 Å². The first-order valence-electron chi connectivity index (χ1n) is 5.98. The topological polar surface area (TPSA) is 64.9 Å². The van der Waals surface area contributed by atoms with Crippen molar-refractivity contribution in [3.63, 3.8) is 0 Å². The number of rotatable bonds is 5. The van der Waals surface area contributed by atoms with Crippen molar-refractivity contribution in [1.82, 2.24) is 9.97 Å². The van der Waals surface area contributed by atoms with Gasteiger partial charge in [-0.3, -0.25) is 0 Å². The summed E-state index contributed by atoms with van der Waals surface area (Å²) in [6, 6.07) is 0. The van der Waals surface area contributed by atoms with Crippen LogP contribution in [0.3, 0.4) is 0 Å². The van der Waals surface area contributed by atoms with Crippen LogP contribution < -0.4 is 10.3 Å². The smallest absolute Gasteiger partial charge is 0.225 e. The quantitative estimate of drug-likeness (QED) is 0.669. The zero-order valence-corrected chi connectivity index (χ0v) is 13.1. The fraction of sp³-hybridized carbons (Fsp3) is 0.417. The van der Waals surface area contributed by atoms with Crippen molar-refractivity contribution in [2.24, 2.45) is 0 Å². The second kappa shape index (κ2) is 6.37. The molecular formula is C12H18N4OPS+. The van der Waals surface area contributed by atoms with Crippen molar-refractivity contribution in [2.75, 3.05) is 12.3 Å². The van der Waals surface area contributed by atoms with Crippen molar-refractivity contribution in [1.29, 1.82) is 0 Å². The molecule has 0 aliphatic heterocycles. The molecule has 0 aliphatic carbocycles. The second-order valence-electron chi connectivity index (χ2n) is 4.31. The third-order valence-corrected chi connectivity index (χ3v) is 4.34. The lowest BCUT2D eigenvalue weighted by atomic mass is 10.2. The molecule has 7 heteroatoms. The van der Waals surface area contributed by atoms with Crippen LogP contribution in [-0.2, 0) is 17.5 Å². The van der Waals surface area contributed by atoms with E-state index in [1.54, 1.807) is 17.5 Å². The first-order chi connectivity index (χ1) is 9.11. The van der Waals surface area contributed by atoms with Gasteiger partial charge in [0, 0.05) is 29.0 Å². The van der Waals surface area contributed by atoms with Gasteiger partial charge in [0.2, 0.25) is 5.51 Å². The molecule has 102 valence electrons. The van der Waals surface area contributed by atoms with Crippen LogP contribution in [0.4, 0.5) is 5.82 Å². The summed E-state index contributed by atoms with van der Waals surface area (Å²) in [5.41, 5.74) is 10.2. The summed E-state index contributed by atoms with van der Waals surface area (Å²) < 4.78 is 7.21. The van der Waals surface area contributed by atoms with Crippen LogP contribution in [0.25, 0.3) is 0 Å². The normalized spacial score (nSPS) is 10.9. The molecule has 0 aromatic carbocycles. The van der Waals surface area contributed by atoms with Gasteiger partial charge in [0.05, 0.1) is 17.0 Å². The Labute approximate surface area is 119 Å². The Morgan fingerprint density at radius 3 is 2.95 bits per heavy atom. The molecular weight excluding hydrogens is 279 g/mol. The lowest BCUT2D eigenvalue weighted by Gasteiger charge is -2.02. The summed E-state index contributed by atoms with van der Waals surface area (Å²) in [7, 11) is 2.28. The summed E-state index contributed by atoms with van der Waals surface area (Å²) >= 11 is 1.74. The maximum atomic E-state index is 5.92. The van der Waals surface area contributed by atoms with Crippen LogP contribution in [0.5, 0.6) is 0 Å². The van der Waals surface area contributed by atoms with Crippen LogP contribution in [0.2, 0.25) is 0 Å². The highest BCUT2D eigenvalue weighted by molar-refractivity contribution is 7.10. The highest BCUT2D eigenvalue weighted by atomic mass is 32.1. The molecule has 0 bridgehead atoms. The summed E-state index contributed by atoms with van der Waals surface area (Å²) in [6.45, 7) is 5.36. The number of nitrogen functional groups attached to an aromatic ring is 1. The van der Waals surface area contributed by atoms with Crippen LogP contribution in [-0.4, -0.2) is 16.6 Å². The molecule has 19 heavy (non-hydrogen) atoms. The summed E-state index contributed by atoms with van der Waals surface area (Å²) in [4.78, 5) is 9.72. The highest BCUT2D eigenvalue weighted by Crippen LogP contribution is 2.14. The van der Waals surface area contributed by atoms with Crippen LogP contribution in [0.15, 0.2) is 11.7 Å². The van der Waals surface area contributed by atoms with Gasteiger partial charge in [-0.1, -0.05) is 11.3 Å². The minimum atomic E-state index is 0.556. The van der Waals surface area contributed by atoms with Gasteiger partial charge in [0.1, 0.15) is 11.6 Å². The second-order valence-corrected chi connectivity index (χ2v) is 5.58. The van der Waals surface area contributed by atoms with Crippen molar-refractivity contribution in [3.05, 3.63) is 33.7 Å². The van der Waals surface area contributed by atoms with Gasteiger partial charge in [-0.25, -0.2) is 9.97 Å². The van der Waals surface area contributed by atoms with Crippen molar-refractivity contribution in [2.45, 2.75) is 26.8 Å². The molecule has 0 fully saturated rings. The van der Waals surface area contributed by atoms with E-state index in [2.05, 4.69) is 36.4 Å². The predicted octanol–water partition coefficient (Wildman–Crippen LogP) is 1.42. The van der Waals surface area contributed by atoms with E-state index in [4.69, 9.17) is 10.3 Å². The zero-order valence-electron chi connectivity index (χ0n) is 11.1. The molecule has 1 atom stereocenters. The van der Waals surface area contributed by atoms with Gasteiger partial charge in [-0.2, -0.15) is 4.57 Å². The molecule has 0 spiro atoms. The summed E-state index contributed by atoms with van der Waals surface area (Å²) in [5, 5.41) is 0. The zero-order chi connectivity index (χ0) is 13.8. The Balaban J connectivity index is 2.17. The van der Waals surface area contributed by atoms with Gasteiger partial charge in [0.15, 0.2) is 12.2 Å². The number of hydrogen-bond donors (Lipinski definition) is 1. The first-order valence-corrected chi connectivity index (χ1v) is 7.33. The van der Waals surface area contributed by atoms with Gasteiger partial charge in [0.25, 0.3) is 0 Å². The molecule has 5 nitrogen and oxygen atoms in total. The molecule has 2 aromatic heterocycles. The Bertz CT molecular complexity index is 573. The number of thiazole rings is 1. The Morgan fingerprint density at radius 2 is 2.26 bits per heavy atom. The standard InChI is InChI=1S/C12H18N4OPS/c1-8-11(3-4-17-18)19-7-16(8)6-10-5-14-9(2)15-12(10)13/h5,7H,3-4,6,18H2,1-2H3,(H2,13,14,15)/q+1. The maximum absolute atomic E-state index is 5.92. The monoisotopic (exact) mass is 297 g/mol. The van der Waals surface area contributed by atoms with E-state index in [0.717, 1.165) is 12.0 Å². The molecule has 2 N–H and O–H groups in total. The third-order valence-electron chi connectivity index (χ3n) is 2.96. The Hall–Kier alpha value is -1.10. The van der Waals surface area contributed by atoms with Gasteiger partial charge in [-0.05, 0) is 6.92 Å².